The monoisotopic (exact) mass is 199 g/mol. The molecule has 0 amide bonds. The Hall–Kier alpha value is -0.480. The fourth-order valence-electron chi connectivity index (χ4n) is 0.918. The van der Waals surface area contributed by atoms with Crippen molar-refractivity contribution < 1.29 is 0 Å². The van der Waals surface area contributed by atoms with Gasteiger partial charge in [0.2, 0.25) is 0 Å². The van der Waals surface area contributed by atoms with Gasteiger partial charge in [0.1, 0.15) is 10.8 Å². The Labute approximate surface area is 83.5 Å². The predicted molar refractivity (Wildman–Crippen MR) is 56.0 cm³/mol. The van der Waals surface area contributed by atoms with Crippen molar-refractivity contribution in [3.05, 3.63) is 10.8 Å². The average molecular weight is 199 g/mol. The van der Waals surface area contributed by atoms with E-state index in [1.807, 2.05) is 6.92 Å². The molecule has 0 spiro atoms. The van der Waals surface area contributed by atoms with Gasteiger partial charge in [-0.1, -0.05) is 20.8 Å². The van der Waals surface area contributed by atoms with Crippen LogP contribution in [0.2, 0.25) is 0 Å². The van der Waals surface area contributed by atoms with Crippen molar-refractivity contribution in [3.63, 3.8) is 0 Å². The molecule has 1 rings (SSSR count). The minimum Gasteiger partial charge on any atom is -0.328 e. The summed E-state index contributed by atoms with van der Waals surface area (Å²) in [6.07, 6.45) is 0.827. The van der Waals surface area contributed by atoms with Crippen molar-refractivity contribution in [2.24, 2.45) is 5.73 Å². The summed E-state index contributed by atoms with van der Waals surface area (Å²) < 4.78 is 4.32. The van der Waals surface area contributed by atoms with E-state index in [4.69, 9.17) is 5.73 Å². The molecule has 0 bridgehead atoms. The maximum absolute atomic E-state index is 5.68. The number of hydrogen-bond donors (Lipinski definition) is 1. The van der Waals surface area contributed by atoms with Crippen LogP contribution in [0.3, 0.4) is 0 Å². The van der Waals surface area contributed by atoms with Crippen LogP contribution in [0.5, 0.6) is 0 Å². The summed E-state index contributed by atoms with van der Waals surface area (Å²) in [6, 6.07) is 0.167. The molecule has 1 unspecified atom stereocenters. The first kappa shape index (κ1) is 10.6. The predicted octanol–water partition coefficient (Wildman–Crippen LogP) is 1.73. The van der Waals surface area contributed by atoms with Crippen LogP contribution in [-0.4, -0.2) is 15.4 Å². The standard InChI is InChI=1S/C9H17N3S/c1-6(10)5-7-11-8(12-13-7)9(2,3)4/h6H,5,10H2,1-4H3. The SMILES string of the molecule is CC(N)Cc1nc(C(C)(C)C)ns1. The Morgan fingerprint density at radius 3 is 2.46 bits per heavy atom. The molecule has 0 radical (unpaired) electrons. The highest BCUT2D eigenvalue weighted by molar-refractivity contribution is 7.05. The van der Waals surface area contributed by atoms with Crippen molar-refractivity contribution in [2.45, 2.75) is 45.6 Å². The van der Waals surface area contributed by atoms with Crippen LogP contribution < -0.4 is 5.73 Å². The number of hydrogen-bond acceptors (Lipinski definition) is 4. The van der Waals surface area contributed by atoms with Crippen LogP contribution in [0.25, 0.3) is 0 Å². The quantitative estimate of drug-likeness (QED) is 0.789. The van der Waals surface area contributed by atoms with Crippen LogP contribution in [0.1, 0.15) is 38.5 Å². The van der Waals surface area contributed by atoms with Crippen molar-refractivity contribution in [3.8, 4) is 0 Å². The summed E-state index contributed by atoms with van der Waals surface area (Å²) in [7, 11) is 0. The average Bonchev–Trinajstić information content (AvgIpc) is 2.32. The highest BCUT2D eigenvalue weighted by Crippen LogP contribution is 2.20. The van der Waals surface area contributed by atoms with E-state index in [1.54, 1.807) is 0 Å². The molecule has 3 nitrogen and oxygen atoms in total. The van der Waals surface area contributed by atoms with Gasteiger partial charge in [-0.25, -0.2) is 4.98 Å². The highest BCUT2D eigenvalue weighted by Gasteiger charge is 2.19. The van der Waals surface area contributed by atoms with Crippen LogP contribution >= 0.6 is 11.5 Å². The first-order chi connectivity index (χ1) is 5.89. The van der Waals surface area contributed by atoms with Crippen LogP contribution in [0, 0.1) is 0 Å². The molecule has 13 heavy (non-hydrogen) atoms. The molecule has 0 aliphatic rings. The molecule has 0 aromatic carbocycles. The Morgan fingerprint density at radius 1 is 1.46 bits per heavy atom. The Morgan fingerprint density at radius 2 is 2.08 bits per heavy atom. The summed E-state index contributed by atoms with van der Waals surface area (Å²) in [5.41, 5.74) is 5.73. The van der Waals surface area contributed by atoms with E-state index >= 15 is 0 Å². The van der Waals surface area contributed by atoms with Gasteiger partial charge < -0.3 is 5.73 Å². The largest absolute Gasteiger partial charge is 0.328 e. The van der Waals surface area contributed by atoms with E-state index in [2.05, 4.69) is 30.1 Å². The molecule has 0 saturated carbocycles. The molecule has 1 aromatic heterocycles. The normalized spacial score (nSPS) is 14.5. The molecule has 4 heteroatoms. The summed E-state index contributed by atoms with van der Waals surface area (Å²) >= 11 is 1.46. The van der Waals surface area contributed by atoms with Gasteiger partial charge in [-0.15, -0.1) is 0 Å². The van der Waals surface area contributed by atoms with E-state index in [-0.39, 0.29) is 11.5 Å². The third-order valence-electron chi connectivity index (χ3n) is 1.64. The van der Waals surface area contributed by atoms with Crippen LogP contribution in [0.4, 0.5) is 0 Å². The van der Waals surface area contributed by atoms with Crippen molar-refractivity contribution in [1.29, 1.82) is 0 Å². The van der Waals surface area contributed by atoms with E-state index in [1.165, 1.54) is 11.5 Å². The molecule has 0 saturated heterocycles. The molecule has 0 aliphatic carbocycles. The van der Waals surface area contributed by atoms with Gasteiger partial charge in [0, 0.05) is 17.9 Å². The summed E-state index contributed by atoms with van der Waals surface area (Å²) in [4.78, 5) is 4.45. The van der Waals surface area contributed by atoms with Crippen molar-refractivity contribution >= 4 is 11.5 Å². The molecule has 74 valence electrons. The van der Waals surface area contributed by atoms with Gasteiger partial charge in [-0.2, -0.15) is 4.37 Å². The second-order valence-corrected chi connectivity index (χ2v) is 5.28. The third-order valence-corrected chi connectivity index (χ3v) is 2.37. The van der Waals surface area contributed by atoms with Crippen molar-refractivity contribution in [2.75, 3.05) is 0 Å². The van der Waals surface area contributed by atoms with Gasteiger partial charge in [-0.3, -0.25) is 0 Å². The maximum Gasteiger partial charge on any atom is 0.147 e. The lowest BCUT2D eigenvalue weighted by molar-refractivity contribution is 0.551. The molecule has 1 atom stereocenters. The van der Waals surface area contributed by atoms with E-state index in [0.29, 0.717) is 0 Å². The van der Waals surface area contributed by atoms with E-state index < -0.39 is 0 Å². The second-order valence-electron chi connectivity index (χ2n) is 4.44. The number of aromatic nitrogens is 2. The van der Waals surface area contributed by atoms with E-state index in [9.17, 15) is 0 Å². The molecular formula is C9H17N3S. The van der Waals surface area contributed by atoms with Crippen LogP contribution in [0.15, 0.2) is 0 Å². The van der Waals surface area contributed by atoms with Gasteiger partial charge >= 0.3 is 0 Å². The first-order valence-corrected chi connectivity index (χ1v) is 5.25. The fourth-order valence-corrected chi connectivity index (χ4v) is 1.89. The number of rotatable bonds is 2. The summed E-state index contributed by atoms with van der Waals surface area (Å²) in [5.74, 6) is 0.924. The zero-order chi connectivity index (χ0) is 10.1. The lowest BCUT2D eigenvalue weighted by Gasteiger charge is -2.12. The lowest BCUT2D eigenvalue weighted by Crippen LogP contribution is -2.18. The Balaban J connectivity index is 2.75. The van der Waals surface area contributed by atoms with Crippen LogP contribution in [-0.2, 0) is 11.8 Å². The van der Waals surface area contributed by atoms with Gasteiger partial charge in [0.15, 0.2) is 0 Å². The minimum absolute atomic E-state index is 0.0482. The zero-order valence-corrected chi connectivity index (χ0v) is 9.48. The third kappa shape index (κ3) is 3.04. The molecule has 1 aromatic rings. The smallest absolute Gasteiger partial charge is 0.147 e. The topological polar surface area (TPSA) is 51.8 Å². The van der Waals surface area contributed by atoms with Gasteiger partial charge in [-0.05, 0) is 18.5 Å². The summed E-state index contributed by atoms with van der Waals surface area (Å²) in [6.45, 7) is 8.33. The highest BCUT2D eigenvalue weighted by atomic mass is 32.1. The molecule has 0 fully saturated rings. The number of nitrogens with zero attached hydrogens (tertiary/aromatic N) is 2. The van der Waals surface area contributed by atoms with E-state index in [0.717, 1.165) is 17.3 Å². The summed E-state index contributed by atoms with van der Waals surface area (Å²) in [5, 5.41) is 1.04. The maximum atomic E-state index is 5.68. The Kier molecular flexibility index (Phi) is 3.03. The fraction of sp³-hybridized carbons (Fsp3) is 0.778. The lowest BCUT2D eigenvalue weighted by atomic mass is 9.96. The second kappa shape index (κ2) is 3.72. The zero-order valence-electron chi connectivity index (χ0n) is 8.66. The number of nitrogens with two attached hydrogens (primary N) is 1. The van der Waals surface area contributed by atoms with Crippen molar-refractivity contribution in [1.82, 2.24) is 9.36 Å². The molecule has 2 N–H and O–H groups in total. The Bertz CT molecular complexity index is 273. The molecule has 0 aliphatic heterocycles. The molecular weight excluding hydrogens is 182 g/mol. The minimum atomic E-state index is 0.0482. The molecule has 1 heterocycles. The van der Waals surface area contributed by atoms with Gasteiger partial charge in [0.05, 0.1) is 0 Å². The van der Waals surface area contributed by atoms with Gasteiger partial charge in [0.25, 0.3) is 0 Å². The first-order valence-electron chi connectivity index (χ1n) is 4.48.